The Balaban J connectivity index is 1.47. The molecule has 2 saturated heterocycles. The molecule has 2 aliphatic heterocycles. The molecule has 160 valence electrons. The van der Waals surface area contributed by atoms with Gasteiger partial charge >= 0.3 is 0 Å². The van der Waals surface area contributed by atoms with Crippen LogP contribution in [0.25, 0.3) is 12.2 Å². The summed E-state index contributed by atoms with van der Waals surface area (Å²) in [5, 5.41) is 0. The van der Waals surface area contributed by atoms with E-state index < -0.39 is 11.2 Å². The molecule has 3 heteroatoms. The van der Waals surface area contributed by atoms with Gasteiger partial charge in [-0.2, -0.15) is 0 Å². The number of hydrogen-bond acceptors (Lipinski definition) is 3. The van der Waals surface area contributed by atoms with Gasteiger partial charge in [0.05, 0.1) is 24.0 Å². The lowest BCUT2D eigenvalue weighted by molar-refractivity contribution is -0.0939. The van der Waals surface area contributed by atoms with Crippen molar-refractivity contribution in [3.8, 4) is 0 Å². The molecule has 0 radical (unpaired) electrons. The molecule has 3 nitrogen and oxygen atoms in total. The molecule has 4 aliphatic rings. The highest BCUT2D eigenvalue weighted by atomic mass is 16.7. The van der Waals surface area contributed by atoms with Gasteiger partial charge in [-0.05, 0) is 35.1 Å². The minimum Gasteiger partial charge on any atom is -0.373 e. The zero-order valence-corrected chi connectivity index (χ0v) is 18.4. The Morgan fingerprint density at radius 2 is 1.16 bits per heavy atom. The zero-order valence-electron chi connectivity index (χ0n) is 18.4. The van der Waals surface area contributed by atoms with E-state index in [2.05, 4.69) is 75.5 Å². The molecule has 31 heavy (non-hydrogen) atoms. The Labute approximate surface area is 184 Å². The number of hydrogen-bond donors (Lipinski definition) is 0. The molecule has 0 N–H and O–H groups in total. The molecule has 6 atom stereocenters. The third kappa shape index (κ3) is 2.02. The van der Waals surface area contributed by atoms with Crippen LogP contribution in [0.2, 0.25) is 0 Å². The van der Waals surface area contributed by atoms with Gasteiger partial charge in [0.25, 0.3) is 0 Å². The lowest BCUT2D eigenvalue weighted by atomic mass is 9.89. The van der Waals surface area contributed by atoms with Crippen molar-refractivity contribution in [3.05, 3.63) is 83.9 Å². The van der Waals surface area contributed by atoms with Crippen LogP contribution in [0.5, 0.6) is 0 Å². The maximum Gasteiger partial charge on any atom is 0.132 e. The van der Waals surface area contributed by atoms with Crippen molar-refractivity contribution in [1.82, 2.24) is 0 Å². The van der Waals surface area contributed by atoms with E-state index >= 15 is 0 Å². The Morgan fingerprint density at radius 1 is 0.774 bits per heavy atom. The van der Waals surface area contributed by atoms with Gasteiger partial charge in [-0.1, -0.05) is 87.7 Å². The van der Waals surface area contributed by atoms with Crippen molar-refractivity contribution in [2.45, 2.75) is 50.1 Å². The van der Waals surface area contributed by atoms with Crippen molar-refractivity contribution in [3.63, 3.8) is 0 Å². The molecular formula is C28H30O3. The van der Waals surface area contributed by atoms with E-state index in [4.69, 9.17) is 14.2 Å². The quantitative estimate of drug-likeness (QED) is 0.555. The summed E-state index contributed by atoms with van der Waals surface area (Å²) in [5.41, 5.74) is 3.90. The van der Waals surface area contributed by atoms with Crippen LogP contribution in [0.15, 0.2) is 61.7 Å². The first kappa shape index (κ1) is 19.5. The zero-order chi connectivity index (χ0) is 21.5. The second-order valence-electron chi connectivity index (χ2n) is 9.63. The number of rotatable bonds is 8. The molecule has 2 saturated carbocycles. The normalized spacial score (nSPS) is 41.2. The second kappa shape index (κ2) is 6.19. The molecular weight excluding hydrogens is 384 g/mol. The maximum absolute atomic E-state index is 7.43. The lowest BCUT2D eigenvalue weighted by Gasteiger charge is -2.31. The van der Waals surface area contributed by atoms with Gasteiger partial charge in [0, 0.05) is 0 Å². The summed E-state index contributed by atoms with van der Waals surface area (Å²) in [6, 6.07) is 17.3. The van der Waals surface area contributed by atoms with Crippen LogP contribution in [-0.2, 0) is 25.4 Å². The molecule has 4 fully saturated rings. The fourth-order valence-corrected chi connectivity index (χ4v) is 6.63. The predicted molar refractivity (Wildman–Crippen MR) is 122 cm³/mol. The predicted octanol–water partition coefficient (Wildman–Crippen LogP) is 5.70. The Morgan fingerprint density at radius 3 is 1.39 bits per heavy atom. The number of benzene rings is 2. The van der Waals surface area contributed by atoms with Crippen LogP contribution in [0.1, 0.15) is 48.9 Å². The standard InChI is InChI=1S/C28H30O3/c1-5-19-9-13-21(14-10-19)27(23-25(27,7-3)17-29-23)31-28(24-26(28,8-4)18-30-24)22-15-11-20(6-2)12-16-22/h5-6,9-16,23-24H,1-2,7-8,17-18H2,3-4H3. The van der Waals surface area contributed by atoms with E-state index in [-0.39, 0.29) is 23.0 Å². The van der Waals surface area contributed by atoms with Crippen LogP contribution in [-0.4, -0.2) is 25.4 Å². The summed E-state index contributed by atoms with van der Waals surface area (Å²) >= 11 is 0. The van der Waals surface area contributed by atoms with Gasteiger partial charge in [-0.3, -0.25) is 0 Å². The minimum absolute atomic E-state index is 0.0493. The average Bonchev–Trinajstić information content (AvgIpc) is 3.40. The Hall–Kier alpha value is -2.20. The van der Waals surface area contributed by atoms with Crippen molar-refractivity contribution in [1.29, 1.82) is 0 Å². The summed E-state index contributed by atoms with van der Waals surface area (Å²) in [6.45, 7) is 13.8. The second-order valence-corrected chi connectivity index (χ2v) is 9.63. The largest absolute Gasteiger partial charge is 0.373 e. The first-order valence-electron chi connectivity index (χ1n) is 11.5. The summed E-state index contributed by atoms with van der Waals surface area (Å²) in [5.74, 6) is 0. The van der Waals surface area contributed by atoms with Crippen LogP contribution < -0.4 is 0 Å². The molecule has 2 heterocycles. The molecule has 0 amide bonds. The first-order valence-corrected chi connectivity index (χ1v) is 11.5. The fourth-order valence-electron chi connectivity index (χ4n) is 6.63. The van der Waals surface area contributed by atoms with Crippen molar-refractivity contribution >= 4 is 12.2 Å². The summed E-state index contributed by atoms with van der Waals surface area (Å²) in [6.07, 6.45) is 6.06. The first-order chi connectivity index (χ1) is 15.1. The van der Waals surface area contributed by atoms with E-state index in [1.807, 2.05) is 12.2 Å². The van der Waals surface area contributed by atoms with Crippen LogP contribution in [0, 0.1) is 10.8 Å². The van der Waals surface area contributed by atoms with Gasteiger partial charge in [-0.15, -0.1) is 0 Å². The lowest BCUT2D eigenvalue weighted by Crippen LogP contribution is -2.33. The molecule has 2 aromatic rings. The van der Waals surface area contributed by atoms with Crippen LogP contribution in [0.4, 0.5) is 0 Å². The van der Waals surface area contributed by atoms with E-state index in [1.165, 1.54) is 11.1 Å². The smallest absolute Gasteiger partial charge is 0.132 e. The van der Waals surface area contributed by atoms with E-state index in [0.717, 1.165) is 37.2 Å². The highest BCUT2D eigenvalue weighted by Crippen LogP contribution is 2.82. The monoisotopic (exact) mass is 414 g/mol. The maximum atomic E-state index is 7.43. The summed E-state index contributed by atoms with van der Waals surface area (Å²) < 4.78 is 19.7. The van der Waals surface area contributed by atoms with E-state index in [9.17, 15) is 0 Å². The third-order valence-electron chi connectivity index (χ3n) is 8.80. The summed E-state index contributed by atoms with van der Waals surface area (Å²) in [4.78, 5) is 0. The molecule has 6 rings (SSSR count). The molecule has 0 spiro atoms. The van der Waals surface area contributed by atoms with Crippen molar-refractivity contribution < 1.29 is 14.2 Å². The SMILES string of the molecule is C=Cc1ccc(C2(OC3(c4ccc(C=C)cc4)C4OCC43CC)C3OCC32CC)cc1. The van der Waals surface area contributed by atoms with Gasteiger partial charge in [0.15, 0.2) is 0 Å². The number of ether oxygens (including phenoxy) is 3. The van der Waals surface area contributed by atoms with Crippen LogP contribution >= 0.6 is 0 Å². The van der Waals surface area contributed by atoms with Gasteiger partial charge in [-0.25, -0.2) is 0 Å². The highest BCUT2D eigenvalue weighted by molar-refractivity contribution is 5.54. The van der Waals surface area contributed by atoms with Crippen molar-refractivity contribution in [2.24, 2.45) is 10.8 Å². The van der Waals surface area contributed by atoms with Gasteiger partial charge < -0.3 is 14.2 Å². The fraction of sp³-hybridized carbons (Fsp3) is 0.429. The van der Waals surface area contributed by atoms with Crippen LogP contribution in [0.3, 0.4) is 0 Å². The molecule has 6 unspecified atom stereocenters. The van der Waals surface area contributed by atoms with Gasteiger partial charge in [0.2, 0.25) is 0 Å². The third-order valence-corrected chi connectivity index (χ3v) is 8.80. The Bertz CT molecular complexity index is 963. The molecule has 2 aromatic carbocycles. The summed E-state index contributed by atoms with van der Waals surface area (Å²) in [7, 11) is 0. The number of fused-ring (bicyclic) bond motifs is 2. The molecule has 0 aromatic heterocycles. The van der Waals surface area contributed by atoms with E-state index in [0.29, 0.717) is 0 Å². The minimum atomic E-state index is -0.429. The average molecular weight is 415 g/mol. The van der Waals surface area contributed by atoms with Crippen molar-refractivity contribution in [2.75, 3.05) is 13.2 Å². The molecule has 2 aliphatic carbocycles. The topological polar surface area (TPSA) is 27.7 Å². The Kier molecular flexibility index (Phi) is 3.89. The van der Waals surface area contributed by atoms with Gasteiger partial charge in [0.1, 0.15) is 23.4 Å². The van der Waals surface area contributed by atoms with E-state index in [1.54, 1.807) is 0 Å². The highest BCUT2D eigenvalue weighted by Gasteiger charge is 2.92. The molecule has 0 bridgehead atoms.